The Kier molecular flexibility index (Phi) is 3.39. The number of halogens is 1. The summed E-state index contributed by atoms with van der Waals surface area (Å²) in [6, 6.07) is 10.5. The average molecular weight is 276 g/mol. The van der Waals surface area contributed by atoms with Gasteiger partial charge in [0.05, 0.1) is 11.4 Å². The van der Waals surface area contributed by atoms with E-state index in [1.165, 1.54) is 16.5 Å². The van der Waals surface area contributed by atoms with E-state index >= 15 is 0 Å². The highest BCUT2D eigenvalue weighted by Crippen LogP contribution is 2.24. The molecule has 1 aromatic heterocycles. The Labute approximate surface area is 104 Å². The van der Waals surface area contributed by atoms with Gasteiger partial charge in [-0.15, -0.1) is 0 Å². The van der Waals surface area contributed by atoms with E-state index in [9.17, 15) is 0 Å². The smallest absolute Gasteiger partial charge is 0.0644 e. The van der Waals surface area contributed by atoms with Gasteiger partial charge in [-0.3, -0.25) is 4.98 Å². The fraction of sp³-hybridized carbons (Fsp3) is 0.214. The number of pyridine rings is 1. The van der Waals surface area contributed by atoms with E-state index < -0.39 is 0 Å². The molecule has 1 aromatic carbocycles. The Bertz CT molecular complexity index is 529. The van der Waals surface area contributed by atoms with Crippen molar-refractivity contribution in [3.63, 3.8) is 0 Å². The lowest BCUT2D eigenvalue weighted by atomic mass is 10.0. The first kappa shape index (κ1) is 11.3. The molecule has 0 N–H and O–H groups in total. The molecule has 0 spiro atoms. The Hall–Kier alpha value is -1.15. The Balaban J connectivity index is 2.73. The number of hydrogen-bond donors (Lipinski definition) is 0. The SMILES string of the molecule is CC(C)c1nc(/C=C/Br)cc2ccccc12. The quantitative estimate of drug-likeness (QED) is 0.773. The fourth-order valence-corrected chi connectivity index (χ4v) is 2.11. The van der Waals surface area contributed by atoms with E-state index in [4.69, 9.17) is 0 Å². The Morgan fingerprint density at radius 3 is 2.69 bits per heavy atom. The molecule has 0 saturated heterocycles. The molecule has 1 nitrogen and oxygen atoms in total. The summed E-state index contributed by atoms with van der Waals surface area (Å²) in [5.41, 5.74) is 2.16. The Morgan fingerprint density at radius 1 is 1.25 bits per heavy atom. The zero-order valence-corrected chi connectivity index (χ0v) is 11.0. The van der Waals surface area contributed by atoms with E-state index in [0.717, 1.165) is 5.69 Å². The molecule has 0 bridgehead atoms. The van der Waals surface area contributed by atoms with Crippen LogP contribution in [0.2, 0.25) is 0 Å². The van der Waals surface area contributed by atoms with Crippen molar-refractivity contribution < 1.29 is 0 Å². The van der Waals surface area contributed by atoms with Gasteiger partial charge in [0.1, 0.15) is 0 Å². The maximum absolute atomic E-state index is 4.67. The van der Waals surface area contributed by atoms with Crippen LogP contribution in [0.4, 0.5) is 0 Å². The average Bonchev–Trinajstić information content (AvgIpc) is 2.28. The largest absolute Gasteiger partial charge is 0.253 e. The van der Waals surface area contributed by atoms with Gasteiger partial charge < -0.3 is 0 Å². The van der Waals surface area contributed by atoms with Gasteiger partial charge in [-0.05, 0) is 28.4 Å². The van der Waals surface area contributed by atoms with Crippen LogP contribution in [0, 0.1) is 0 Å². The van der Waals surface area contributed by atoms with Gasteiger partial charge in [0.2, 0.25) is 0 Å². The van der Waals surface area contributed by atoms with Gasteiger partial charge in [0, 0.05) is 5.39 Å². The molecule has 0 aliphatic rings. The van der Waals surface area contributed by atoms with E-state index in [-0.39, 0.29) is 0 Å². The second kappa shape index (κ2) is 4.79. The van der Waals surface area contributed by atoms with Crippen LogP contribution in [-0.2, 0) is 0 Å². The van der Waals surface area contributed by atoms with Gasteiger partial charge >= 0.3 is 0 Å². The van der Waals surface area contributed by atoms with Crippen molar-refractivity contribution >= 4 is 32.8 Å². The van der Waals surface area contributed by atoms with Crippen LogP contribution in [0.15, 0.2) is 35.3 Å². The normalized spacial score (nSPS) is 11.8. The summed E-state index contributed by atoms with van der Waals surface area (Å²) in [7, 11) is 0. The van der Waals surface area contributed by atoms with Crippen LogP contribution < -0.4 is 0 Å². The fourth-order valence-electron chi connectivity index (χ4n) is 1.84. The minimum Gasteiger partial charge on any atom is -0.253 e. The van der Waals surface area contributed by atoms with E-state index in [2.05, 4.69) is 65.1 Å². The second-order valence-electron chi connectivity index (χ2n) is 4.10. The summed E-state index contributed by atoms with van der Waals surface area (Å²) < 4.78 is 0. The molecule has 0 unspecified atom stereocenters. The number of aromatic nitrogens is 1. The third-order valence-corrected chi connectivity index (χ3v) is 2.83. The zero-order chi connectivity index (χ0) is 11.5. The van der Waals surface area contributed by atoms with Crippen molar-refractivity contribution in [3.8, 4) is 0 Å². The predicted octanol–water partition coefficient (Wildman–Crippen LogP) is 4.72. The molecule has 82 valence electrons. The van der Waals surface area contributed by atoms with Crippen LogP contribution in [0.5, 0.6) is 0 Å². The summed E-state index contributed by atoms with van der Waals surface area (Å²) in [5, 5.41) is 2.51. The summed E-state index contributed by atoms with van der Waals surface area (Å²) in [5.74, 6) is 0.438. The molecular weight excluding hydrogens is 262 g/mol. The van der Waals surface area contributed by atoms with Crippen LogP contribution in [0.1, 0.15) is 31.2 Å². The van der Waals surface area contributed by atoms with E-state index in [1.54, 1.807) is 0 Å². The number of hydrogen-bond acceptors (Lipinski definition) is 1. The lowest BCUT2D eigenvalue weighted by molar-refractivity contribution is 0.833. The number of fused-ring (bicyclic) bond motifs is 1. The minimum atomic E-state index is 0.438. The molecule has 16 heavy (non-hydrogen) atoms. The van der Waals surface area contributed by atoms with Gasteiger partial charge in [0.25, 0.3) is 0 Å². The molecule has 2 heteroatoms. The van der Waals surface area contributed by atoms with Crippen molar-refractivity contribution in [2.24, 2.45) is 0 Å². The van der Waals surface area contributed by atoms with E-state index in [0.29, 0.717) is 5.92 Å². The van der Waals surface area contributed by atoms with Gasteiger partial charge in [-0.25, -0.2) is 0 Å². The van der Waals surface area contributed by atoms with Crippen molar-refractivity contribution in [2.75, 3.05) is 0 Å². The molecule has 2 aromatic rings. The van der Waals surface area contributed by atoms with Gasteiger partial charge in [-0.1, -0.05) is 54.0 Å². The molecule has 0 fully saturated rings. The zero-order valence-electron chi connectivity index (χ0n) is 9.44. The summed E-state index contributed by atoms with van der Waals surface area (Å²) in [4.78, 5) is 6.51. The highest BCUT2D eigenvalue weighted by atomic mass is 79.9. The molecule has 2 rings (SSSR count). The van der Waals surface area contributed by atoms with Crippen molar-refractivity contribution in [3.05, 3.63) is 46.7 Å². The van der Waals surface area contributed by atoms with Crippen LogP contribution in [0.25, 0.3) is 16.8 Å². The van der Waals surface area contributed by atoms with Crippen LogP contribution in [-0.4, -0.2) is 4.98 Å². The molecular formula is C14H14BrN. The molecule has 0 atom stereocenters. The third-order valence-electron chi connectivity index (χ3n) is 2.57. The number of nitrogens with zero attached hydrogens (tertiary/aromatic N) is 1. The molecule has 0 saturated carbocycles. The topological polar surface area (TPSA) is 12.9 Å². The Morgan fingerprint density at radius 2 is 2.00 bits per heavy atom. The van der Waals surface area contributed by atoms with Crippen molar-refractivity contribution in [2.45, 2.75) is 19.8 Å². The highest BCUT2D eigenvalue weighted by Gasteiger charge is 2.07. The molecule has 0 radical (unpaired) electrons. The third kappa shape index (κ3) is 2.17. The van der Waals surface area contributed by atoms with Gasteiger partial charge in [0.15, 0.2) is 0 Å². The summed E-state index contributed by atoms with van der Waals surface area (Å²) in [6.45, 7) is 4.35. The summed E-state index contributed by atoms with van der Waals surface area (Å²) in [6.07, 6.45) is 1.97. The first-order valence-corrected chi connectivity index (χ1v) is 6.30. The maximum atomic E-state index is 4.67. The minimum absolute atomic E-state index is 0.438. The second-order valence-corrected chi connectivity index (χ2v) is 4.63. The molecule has 0 amide bonds. The molecule has 0 aliphatic carbocycles. The number of benzene rings is 1. The lowest BCUT2D eigenvalue weighted by Crippen LogP contribution is -1.96. The van der Waals surface area contributed by atoms with Crippen molar-refractivity contribution in [1.82, 2.24) is 4.98 Å². The van der Waals surface area contributed by atoms with E-state index in [1.807, 2.05) is 11.1 Å². The first-order valence-electron chi connectivity index (χ1n) is 5.39. The van der Waals surface area contributed by atoms with Crippen LogP contribution in [0.3, 0.4) is 0 Å². The lowest BCUT2D eigenvalue weighted by Gasteiger charge is -2.10. The summed E-state index contributed by atoms with van der Waals surface area (Å²) >= 11 is 3.29. The maximum Gasteiger partial charge on any atom is 0.0644 e. The first-order chi connectivity index (χ1) is 7.72. The van der Waals surface area contributed by atoms with Crippen LogP contribution >= 0.6 is 15.9 Å². The van der Waals surface area contributed by atoms with Gasteiger partial charge in [-0.2, -0.15) is 0 Å². The number of rotatable bonds is 2. The monoisotopic (exact) mass is 275 g/mol. The highest BCUT2D eigenvalue weighted by molar-refractivity contribution is 9.11. The molecule has 0 aliphatic heterocycles. The van der Waals surface area contributed by atoms with Crippen molar-refractivity contribution in [1.29, 1.82) is 0 Å². The predicted molar refractivity (Wildman–Crippen MR) is 73.8 cm³/mol. The standard InChI is InChI=1S/C14H14BrN/c1-10(2)14-13-6-4-3-5-11(13)9-12(16-14)7-8-15/h3-10H,1-2H3/b8-7+. The molecule has 1 heterocycles.